The molecule has 0 heterocycles. The Hall–Kier alpha value is -2.76. The molecule has 2 N–H and O–H groups in total. The summed E-state index contributed by atoms with van der Waals surface area (Å²) >= 11 is 0. The molecule has 0 bridgehead atoms. The molecule has 4 nitrogen and oxygen atoms in total. The number of anilines is 1. The van der Waals surface area contributed by atoms with Gasteiger partial charge in [-0.05, 0) is 24.6 Å². The topological polar surface area (TPSA) is 58.2 Å². The molecular formula is C17H16F2N2O2. The van der Waals surface area contributed by atoms with Gasteiger partial charge in [0.05, 0.1) is 13.0 Å². The van der Waals surface area contributed by atoms with Crippen molar-refractivity contribution in [1.29, 1.82) is 0 Å². The molecule has 2 rings (SSSR count). The number of benzene rings is 2. The highest BCUT2D eigenvalue weighted by Gasteiger charge is 2.09. The molecule has 2 aromatic rings. The molecule has 0 aliphatic heterocycles. The van der Waals surface area contributed by atoms with Crippen LogP contribution in [0.5, 0.6) is 0 Å². The van der Waals surface area contributed by atoms with E-state index in [4.69, 9.17) is 0 Å². The van der Waals surface area contributed by atoms with Crippen molar-refractivity contribution in [3.05, 3.63) is 65.2 Å². The normalized spacial score (nSPS) is 10.2. The van der Waals surface area contributed by atoms with Crippen LogP contribution in [0.3, 0.4) is 0 Å². The molecule has 0 atom stereocenters. The van der Waals surface area contributed by atoms with Gasteiger partial charge in [-0.25, -0.2) is 8.78 Å². The van der Waals surface area contributed by atoms with E-state index in [1.807, 2.05) is 31.2 Å². The fraction of sp³-hybridized carbons (Fsp3) is 0.176. The van der Waals surface area contributed by atoms with E-state index in [0.717, 1.165) is 23.3 Å². The minimum absolute atomic E-state index is 0.127. The Morgan fingerprint density at radius 1 is 1.00 bits per heavy atom. The van der Waals surface area contributed by atoms with Gasteiger partial charge in [0.15, 0.2) is 11.6 Å². The van der Waals surface area contributed by atoms with Crippen LogP contribution in [0.15, 0.2) is 42.5 Å². The number of carbonyl (C=O) groups excluding carboxylic acids is 2. The van der Waals surface area contributed by atoms with Crippen molar-refractivity contribution in [2.75, 3.05) is 11.9 Å². The van der Waals surface area contributed by atoms with Gasteiger partial charge in [0.2, 0.25) is 11.8 Å². The van der Waals surface area contributed by atoms with Crippen molar-refractivity contribution in [2.24, 2.45) is 0 Å². The van der Waals surface area contributed by atoms with Crippen molar-refractivity contribution in [3.63, 3.8) is 0 Å². The number of rotatable bonds is 5. The summed E-state index contributed by atoms with van der Waals surface area (Å²) in [6, 6.07) is 10.5. The molecule has 0 aliphatic rings. The molecule has 120 valence electrons. The molecule has 23 heavy (non-hydrogen) atoms. The molecule has 0 radical (unpaired) electrons. The fourth-order valence-electron chi connectivity index (χ4n) is 2.03. The molecule has 0 spiro atoms. The van der Waals surface area contributed by atoms with E-state index in [0.29, 0.717) is 0 Å². The predicted molar refractivity (Wildman–Crippen MR) is 82.9 cm³/mol. The predicted octanol–water partition coefficient (Wildman–Crippen LogP) is 2.57. The van der Waals surface area contributed by atoms with Crippen LogP contribution in [0.25, 0.3) is 0 Å². The monoisotopic (exact) mass is 318 g/mol. The fourth-order valence-corrected chi connectivity index (χ4v) is 2.03. The van der Waals surface area contributed by atoms with Crippen LogP contribution in [-0.4, -0.2) is 18.4 Å². The lowest BCUT2D eigenvalue weighted by molar-refractivity contribution is -0.123. The summed E-state index contributed by atoms with van der Waals surface area (Å²) in [7, 11) is 0. The Bertz CT molecular complexity index is 732. The number of carbonyl (C=O) groups is 2. The van der Waals surface area contributed by atoms with E-state index in [-0.39, 0.29) is 24.6 Å². The van der Waals surface area contributed by atoms with Gasteiger partial charge in [0.25, 0.3) is 0 Å². The van der Waals surface area contributed by atoms with E-state index >= 15 is 0 Å². The number of amides is 2. The maximum Gasteiger partial charge on any atom is 0.243 e. The van der Waals surface area contributed by atoms with Crippen LogP contribution >= 0.6 is 0 Å². The molecule has 2 aromatic carbocycles. The minimum Gasteiger partial charge on any atom is -0.347 e. The van der Waals surface area contributed by atoms with Crippen molar-refractivity contribution in [3.8, 4) is 0 Å². The summed E-state index contributed by atoms with van der Waals surface area (Å²) in [4.78, 5) is 23.5. The first kappa shape index (κ1) is 16.6. The van der Waals surface area contributed by atoms with Crippen LogP contribution in [0.2, 0.25) is 0 Å². The zero-order valence-electron chi connectivity index (χ0n) is 12.5. The number of hydrogen-bond acceptors (Lipinski definition) is 2. The van der Waals surface area contributed by atoms with E-state index in [1.165, 1.54) is 6.07 Å². The molecule has 0 fully saturated rings. The number of halogens is 2. The molecule has 0 unspecified atom stereocenters. The highest BCUT2D eigenvalue weighted by Crippen LogP contribution is 2.12. The lowest BCUT2D eigenvalue weighted by atomic mass is 10.1. The van der Waals surface area contributed by atoms with Gasteiger partial charge in [-0.3, -0.25) is 9.59 Å². The SMILES string of the molecule is Cc1cccc(CC(=O)NCC(=O)Nc2ccc(F)c(F)c2)c1. The molecule has 2 amide bonds. The second-order valence-corrected chi connectivity index (χ2v) is 5.12. The van der Waals surface area contributed by atoms with Gasteiger partial charge >= 0.3 is 0 Å². The van der Waals surface area contributed by atoms with Gasteiger partial charge in [0, 0.05) is 11.8 Å². The van der Waals surface area contributed by atoms with Crippen molar-refractivity contribution in [2.45, 2.75) is 13.3 Å². The summed E-state index contributed by atoms with van der Waals surface area (Å²) in [6.45, 7) is 1.68. The van der Waals surface area contributed by atoms with Crippen molar-refractivity contribution in [1.82, 2.24) is 5.32 Å². The second kappa shape index (κ2) is 7.49. The van der Waals surface area contributed by atoms with Gasteiger partial charge in [0.1, 0.15) is 0 Å². The summed E-state index contributed by atoms with van der Waals surface area (Å²) < 4.78 is 25.8. The Morgan fingerprint density at radius 3 is 2.48 bits per heavy atom. The second-order valence-electron chi connectivity index (χ2n) is 5.12. The summed E-state index contributed by atoms with van der Waals surface area (Å²) in [5, 5.41) is 4.86. The van der Waals surface area contributed by atoms with E-state index in [2.05, 4.69) is 10.6 Å². The van der Waals surface area contributed by atoms with Gasteiger partial charge in [-0.2, -0.15) is 0 Å². The third kappa shape index (κ3) is 5.18. The molecule has 0 aromatic heterocycles. The first-order chi connectivity index (χ1) is 10.9. The Morgan fingerprint density at radius 2 is 1.78 bits per heavy atom. The maximum atomic E-state index is 13.0. The smallest absolute Gasteiger partial charge is 0.243 e. The Balaban J connectivity index is 1.81. The summed E-state index contributed by atoms with van der Waals surface area (Å²) in [6.07, 6.45) is 0.167. The summed E-state index contributed by atoms with van der Waals surface area (Å²) in [5.41, 5.74) is 2.02. The van der Waals surface area contributed by atoms with Crippen LogP contribution in [0.4, 0.5) is 14.5 Å². The largest absolute Gasteiger partial charge is 0.347 e. The van der Waals surface area contributed by atoms with Gasteiger partial charge in [-0.1, -0.05) is 29.8 Å². The van der Waals surface area contributed by atoms with E-state index in [9.17, 15) is 18.4 Å². The maximum absolute atomic E-state index is 13.0. The van der Waals surface area contributed by atoms with Crippen LogP contribution in [-0.2, 0) is 16.0 Å². The van der Waals surface area contributed by atoms with Crippen LogP contribution in [0.1, 0.15) is 11.1 Å². The number of hydrogen-bond donors (Lipinski definition) is 2. The molecule has 0 saturated carbocycles. The lowest BCUT2D eigenvalue weighted by Gasteiger charge is -2.08. The summed E-state index contributed by atoms with van der Waals surface area (Å²) in [5.74, 6) is -2.86. The number of aryl methyl sites for hydroxylation is 1. The van der Waals surface area contributed by atoms with Gasteiger partial charge in [-0.15, -0.1) is 0 Å². The zero-order valence-corrected chi connectivity index (χ0v) is 12.5. The lowest BCUT2D eigenvalue weighted by Crippen LogP contribution is -2.33. The standard InChI is InChI=1S/C17H16F2N2O2/c1-11-3-2-4-12(7-11)8-16(22)20-10-17(23)21-13-5-6-14(18)15(19)9-13/h2-7,9H,8,10H2,1H3,(H,20,22)(H,21,23). The first-order valence-electron chi connectivity index (χ1n) is 7.01. The van der Waals surface area contributed by atoms with Gasteiger partial charge < -0.3 is 10.6 Å². The average molecular weight is 318 g/mol. The number of nitrogens with one attached hydrogen (secondary N) is 2. The first-order valence-corrected chi connectivity index (χ1v) is 7.01. The van der Waals surface area contributed by atoms with Crippen molar-refractivity contribution >= 4 is 17.5 Å². The highest BCUT2D eigenvalue weighted by molar-refractivity contribution is 5.94. The average Bonchev–Trinajstić information content (AvgIpc) is 2.49. The quantitative estimate of drug-likeness (QED) is 0.890. The zero-order chi connectivity index (χ0) is 16.8. The highest BCUT2D eigenvalue weighted by atomic mass is 19.2. The van der Waals surface area contributed by atoms with Crippen LogP contribution < -0.4 is 10.6 Å². The van der Waals surface area contributed by atoms with E-state index in [1.54, 1.807) is 0 Å². The Labute approximate surface area is 132 Å². The van der Waals surface area contributed by atoms with E-state index < -0.39 is 17.5 Å². The molecule has 6 heteroatoms. The third-order valence-corrected chi connectivity index (χ3v) is 3.10. The third-order valence-electron chi connectivity index (χ3n) is 3.10. The van der Waals surface area contributed by atoms with Crippen LogP contribution in [0, 0.1) is 18.6 Å². The Kier molecular flexibility index (Phi) is 5.41. The minimum atomic E-state index is -1.05. The van der Waals surface area contributed by atoms with Crippen molar-refractivity contribution < 1.29 is 18.4 Å². The molecule has 0 aliphatic carbocycles. The molecular weight excluding hydrogens is 302 g/mol. The molecule has 0 saturated heterocycles.